The Labute approximate surface area is 95.8 Å². The molecule has 1 aromatic rings. The Balaban J connectivity index is 2.86. The number of nitrogens with one attached hydrogen (secondary N) is 1. The predicted molar refractivity (Wildman–Crippen MR) is 65.6 cm³/mol. The largest absolute Gasteiger partial charge is 0.462 e. The molecule has 1 aromatic carbocycles. The summed E-state index contributed by atoms with van der Waals surface area (Å²) in [7, 11) is 0. The molecule has 3 N–H and O–H groups in total. The summed E-state index contributed by atoms with van der Waals surface area (Å²) in [5, 5.41) is 3.19. The van der Waals surface area contributed by atoms with Crippen molar-refractivity contribution in [1.29, 1.82) is 0 Å². The fourth-order valence-corrected chi connectivity index (χ4v) is 1.35. The van der Waals surface area contributed by atoms with E-state index in [2.05, 4.69) is 5.32 Å². The van der Waals surface area contributed by atoms with Crippen molar-refractivity contribution >= 4 is 17.3 Å². The minimum absolute atomic E-state index is 0.302. The van der Waals surface area contributed by atoms with E-state index in [1.807, 2.05) is 13.8 Å². The van der Waals surface area contributed by atoms with Crippen molar-refractivity contribution in [2.45, 2.75) is 26.8 Å². The van der Waals surface area contributed by atoms with Crippen LogP contribution in [0.1, 0.15) is 31.1 Å². The molecule has 0 aliphatic rings. The van der Waals surface area contributed by atoms with Crippen LogP contribution < -0.4 is 11.1 Å². The highest BCUT2D eigenvalue weighted by molar-refractivity contribution is 5.91. The van der Waals surface area contributed by atoms with Gasteiger partial charge in [-0.1, -0.05) is 0 Å². The van der Waals surface area contributed by atoms with Crippen LogP contribution in [0.3, 0.4) is 0 Å². The number of anilines is 2. The van der Waals surface area contributed by atoms with Gasteiger partial charge in [-0.05, 0) is 39.0 Å². The van der Waals surface area contributed by atoms with E-state index in [-0.39, 0.29) is 5.97 Å². The first-order valence-electron chi connectivity index (χ1n) is 5.37. The molecule has 1 rings (SSSR count). The van der Waals surface area contributed by atoms with E-state index in [0.717, 1.165) is 5.69 Å². The number of nitrogen functional groups attached to an aromatic ring is 1. The molecule has 0 saturated heterocycles. The van der Waals surface area contributed by atoms with Gasteiger partial charge in [0.1, 0.15) is 0 Å². The van der Waals surface area contributed by atoms with Gasteiger partial charge in [0.05, 0.1) is 23.5 Å². The predicted octanol–water partition coefficient (Wildman–Crippen LogP) is 2.27. The zero-order valence-corrected chi connectivity index (χ0v) is 9.91. The topological polar surface area (TPSA) is 64.3 Å². The van der Waals surface area contributed by atoms with Gasteiger partial charge in [0, 0.05) is 6.04 Å². The number of hydrogen-bond acceptors (Lipinski definition) is 4. The summed E-state index contributed by atoms with van der Waals surface area (Å²) >= 11 is 0. The second-order valence-corrected chi connectivity index (χ2v) is 3.82. The number of carbonyl (C=O) groups is 1. The Morgan fingerprint density at radius 1 is 1.50 bits per heavy atom. The van der Waals surface area contributed by atoms with Crippen molar-refractivity contribution in [2.24, 2.45) is 0 Å². The summed E-state index contributed by atoms with van der Waals surface area (Å²) in [6.45, 7) is 6.19. The molecule has 0 heterocycles. The Morgan fingerprint density at radius 2 is 2.19 bits per heavy atom. The average molecular weight is 222 g/mol. The molecule has 88 valence electrons. The normalized spacial score (nSPS) is 10.2. The molecule has 0 amide bonds. The molecule has 0 unspecified atom stereocenters. The van der Waals surface area contributed by atoms with Crippen molar-refractivity contribution < 1.29 is 9.53 Å². The lowest BCUT2D eigenvalue weighted by molar-refractivity contribution is 0.0526. The molecule has 0 radical (unpaired) electrons. The van der Waals surface area contributed by atoms with E-state index in [1.54, 1.807) is 25.1 Å². The van der Waals surface area contributed by atoms with E-state index in [4.69, 9.17) is 10.5 Å². The highest BCUT2D eigenvalue weighted by atomic mass is 16.5. The number of carbonyl (C=O) groups excluding carboxylic acids is 1. The first kappa shape index (κ1) is 12.4. The summed E-state index contributed by atoms with van der Waals surface area (Å²) in [6, 6.07) is 5.43. The molecule has 0 saturated carbocycles. The van der Waals surface area contributed by atoms with E-state index in [1.165, 1.54) is 0 Å². The first-order valence-corrected chi connectivity index (χ1v) is 5.37. The van der Waals surface area contributed by atoms with E-state index < -0.39 is 0 Å². The van der Waals surface area contributed by atoms with E-state index >= 15 is 0 Å². The molecule has 0 bridgehead atoms. The van der Waals surface area contributed by atoms with Crippen LogP contribution in [0.2, 0.25) is 0 Å². The maximum Gasteiger partial charge on any atom is 0.338 e. The van der Waals surface area contributed by atoms with Crippen molar-refractivity contribution in [3.05, 3.63) is 23.8 Å². The molecule has 16 heavy (non-hydrogen) atoms. The third kappa shape index (κ3) is 3.15. The lowest BCUT2D eigenvalue weighted by atomic mass is 10.1. The highest BCUT2D eigenvalue weighted by Gasteiger charge is 2.09. The number of nitrogens with two attached hydrogens (primary N) is 1. The van der Waals surface area contributed by atoms with Gasteiger partial charge in [-0.2, -0.15) is 0 Å². The van der Waals surface area contributed by atoms with Crippen LogP contribution in [-0.2, 0) is 4.74 Å². The van der Waals surface area contributed by atoms with Gasteiger partial charge in [-0.3, -0.25) is 0 Å². The van der Waals surface area contributed by atoms with Crippen LogP contribution in [0.4, 0.5) is 11.4 Å². The van der Waals surface area contributed by atoms with Gasteiger partial charge in [-0.15, -0.1) is 0 Å². The maximum absolute atomic E-state index is 11.4. The van der Waals surface area contributed by atoms with Crippen molar-refractivity contribution in [2.75, 3.05) is 17.7 Å². The van der Waals surface area contributed by atoms with Crippen LogP contribution in [0.25, 0.3) is 0 Å². The molecule has 0 aromatic heterocycles. The van der Waals surface area contributed by atoms with Crippen molar-refractivity contribution in [3.8, 4) is 0 Å². The summed E-state index contributed by atoms with van der Waals surface area (Å²) in [5.41, 5.74) is 7.70. The van der Waals surface area contributed by atoms with Gasteiger partial charge < -0.3 is 15.8 Å². The van der Waals surface area contributed by atoms with Gasteiger partial charge in [0.2, 0.25) is 0 Å². The van der Waals surface area contributed by atoms with E-state index in [0.29, 0.717) is 23.9 Å². The molecule has 0 atom stereocenters. The summed E-state index contributed by atoms with van der Waals surface area (Å²) in [4.78, 5) is 11.4. The minimum Gasteiger partial charge on any atom is -0.462 e. The molecule has 0 fully saturated rings. The molecular formula is C12H18N2O2. The lowest BCUT2D eigenvalue weighted by Gasteiger charge is -2.13. The van der Waals surface area contributed by atoms with Crippen LogP contribution in [0.5, 0.6) is 0 Å². The van der Waals surface area contributed by atoms with Gasteiger partial charge in [0.15, 0.2) is 0 Å². The Hall–Kier alpha value is -1.71. The monoisotopic (exact) mass is 222 g/mol. The summed E-state index contributed by atoms with van der Waals surface area (Å²) in [6.07, 6.45) is 0. The van der Waals surface area contributed by atoms with E-state index in [9.17, 15) is 4.79 Å². The fraction of sp³-hybridized carbons (Fsp3) is 0.417. The third-order valence-electron chi connectivity index (χ3n) is 2.01. The molecule has 0 spiro atoms. The number of esters is 1. The van der Waals surface area contributed by atoms with Gasteiger partial charge in [0.25, 0.3) is 0 Å². The Morgan fingerprint density at radius 3 is 2.69 bits per heavy atom. The van der Waals surface area contributed by atoms with Crippen LogP contribution >= 0.6 is 0 Å². The number of ether oxygens (including phenoxy) is 1. The van der Waals surface area contributed by atoms with Crippen molar-refractivity contribution in [1.82, 2.24) is 0 Å². The Kier molecular flexibility index (Phi) is 4.17. The fourth-order valence-electron chi connectivity index (χ4n) is 1.35. The zero-order valence-electron chi connectivity index (χ0n) is 9.91. The van der Waals surface area contributed by atoms with Crippen LogP contribution in [0, 0.1) is 0 Å². The molecule has 4 heteroatoms. The minimum atomic E-state index is -0.342. The van der Waals surface area contributed by atoms with Gasteiger partial charge >= 0.3 is 5.97 Å². The summed E-state index contributed by atoms with van der Waals surface area (Å²) in [5.74, 6) is -0.342. The summed E-state index contributed by atoms with van der Waals surface area (Å²) < 4.78 is 4.89. The average Bonchev–Trinajstić information content (AvgIpc) is 2.20. The van der Waals surface area contributed by atoms with Gasteiger partial charge in [-0.25, -0.2) is 4.79 Å². The molecule has 0 aliphatic heterocycles. The highest BCUT2D eigenvalue weighted by Crippen LogP contribution is 2.21. The maximum atomic E-state index is 11.4. The SMILES string of the molecule is CCOC(=O)c1ccc(NC(C)C)c(N)c1. The number of hydrogen-bond donors (Lipinski definition) is 2. The second kappa shape index (κ2) is 5.39. The quantitative estimate of drug-likeness (QED) is 0.606. The second-order valence-electron chi connectivity index (χ2n) is 3.82. The number of rotatable bonds is 4. The molecule has 0 aliphatic carbocycles. The Bertz CT molecular complexity index is 375. The lowest BCUT2D eigenvalue weighted by Crippen LogP contribution is -2.12. The molecule has 4 nitrogen and oxygen atoms in total. The third-order valence-corrected chi connectivity index (χ3v) is 2.01. The van der Waals surface area contributed by atoms with Crippen LogP contribution in [-0.4, -0.2) is 18.6 Å². The smallest absolute Gasteiger partial charge is 0.338 e. The zero-order chi connectivity index (χ0) is 12.1. The van der Waals surface area contributed by atoms with Crippen LogP contribution in [0.15, 0.2) is 18.2 Å². The standard InChI is InChI=1S/C12H18N2O2/c1-4-16-12(15)9-5-6-11(10(13)7-9)14-8(2)3/h5-8,14H,4,13H2,1-3H3. The number of benzene rings is 1. The van der Waals surface area contributed by atoms with Crippen molar-refractivity contribution in [3.63, 3.8) is 0 Å². The molecular weight excluding hydrogens is 204 g/mol. The first-order chi connectivity index (χ1) is 7.54.